The van der Waals surface area contributed by atoms with Crippen LogP contribution in [-0.4, -0.2) is 6.47 Å². The van der Waals surface area contributed by atoms with E-state index in [2.05, 4.69) is 16.9 Å². The van der Waals surface area contributed by atoms with Crippen molar-refractivity contribution in [1.82, 2.24) is 0 Å². The van der Waals surface area contributed by atoms with Gasteiger partial charge in [-0.25, -0.2) is 4.39 Å². The molecule has 0 amide bonds. The van der Waals surface area contributed by atoms with Crippen LogP contribution in [0.25, 0.3) is 0 Å². The first-order valence-electron chi connectivity index (χ1n) is 5.86. The summed E-state index contributed by atoms with van der Waals surface area (Å²) < 4.78 is 18.6. The lowest BCUT2D eigenvalue weighted by atomic mass is 9.86. The van der Waals surface area contributed by atoms with E-state index in [0.717, 1.165) is 18.4 Å². The number of benzene rings is 1. The monoisotopic (exact) mass is 232 g/mol. The molecule has 2 bridgehead atoms. The highest BCUT2D eigenvalue weighted by Crippen LogP contribution is 2.49. The summed E-state index contributed by atoms with van der Waals surface area (Å²) in [5, 5.41) is 0. The minimum absolute atomic E-state index is 0.264. The van der Waals surface area contributed by atoms with Gasteiger partial charge in [0.2, 0.25) is 0 Å². The molecule has 3 atom stereocenters. The maximum atomic E-state index is 13.9. The van der Waals surface area contributed by atoms with E-state index in [1.54, 1.807) is 12.1 Å². The molecule has 0 aliphatic heterocycles. The van der Waals surface area contributed by atoms with Crippen LogP contribution in [0, 0.1) is 17.7 Å². The summed E-state index contributed by atoms with van der Waals surface area (Å²) in [6, 6.07) is 4.69. The number of hydrogen-bond donors (Lipinski definition) is 0. The molecule has 2 aliphatic rings. The Kier molecular flexibility index (Phi) is 2.46. The molecule has 1 aromatic rings. The molecule has 0 saturated heterocycles. The number of allylic oxidation sites excluding steroid dienone is 2. The second kappa shape index (κ2) is 3.99. The number of carbonyl (C=O) groups is 1. The van der Waals surface area contributed by atoms with Crippen molar-refractivity contribution < 1.29 is 13.9 Å². The van der Waals surface area contributed by atoms with Gasteiger partial charge in [0.25, 0.3) is 6.47 Å². The van der Waals surface area contributed by atoms with E-state index >= 15 is 0 Å². The lowest BCUT2D eigenvalue weighted by Gasteiger charge is -2.19. The molecule has 3 unspecified atom stereocenters. The third-order valence-electron chi connectivity index (χ3n) is 3.83. The number of rotatable bonds is 3. The lowest BCUT2D eigenvalue weighted by Crippen LogP contribution is -2.07. The fourth-order valence-corrected chi connectivity index (χ4v) is 3.08. The Hall–Kier alpha value is -1.64. The van der Waals surface area contributed by atoms with Crippen molar-refractivity contribution in [3.63, 3.8) is 0 Å². The first-order chi connectivity index (χ1) is 8.28. The Bertz CT molecular complexity index is 481. The summed E-state index contributed by atoms with van der Waals surface area (Å²) in [7, 11) is 0. The van der Waals surface area contributed by atoms with Crippen LogP contribution in [0.15, 0.2) is 30.4 Å². The van der Waals surface area contributed by atoms with Gasteiger partial charge in [-0.1, -0.05) is 18.2 Å². The fourth-order valence-electron chi connectivity index (χ4n) is 3.08. The Morgan fingerprint density at radius 1 is 1.29 bits per heavy atom. The molecule has 1 aromatic carbocycles. The summed E-state index contributed by atoms with van der Waals surface area (Å²) in [6.45, 7) is 0.314. The van der Waals surface area contributed by atoms with Crippen LogP contribution >= 0.6 is 0 Å². The number of carbonyl (C=O) groups excluding carboxylic acids is 1. The van der Waals surface area contributed by atoms with E-state index in [-0.39, 0.29) is 17.5 Å². The minimum atomic E-state index is -0.268. The van der Waals surface area contributed by atoms with E-state index in [9.17, 15) is 9.18 Å². The van der Waals surface area contributed by atoms with E-state index in [0.29, 0.717) is 18.3 Å². The van der Waals surface area contributed by atoms with Gasteiger partial charge in [0.15, 0.2) is 0 Å². The minimum Gasteiger partial charge on any atom is -0.429 e. The van der Waals surface area contributed by atoms with Crippen molar-refractivity contribution in [1.29, 1.82) is 0 Å². The average molecular weight is 232 g/mol. The SMILES string of the molecule is O=COc1ccc(C2CC3C=CC2C3)c(F)c1. The fraction of sp³-hybridized carbons (Fsp3) is 0.357. The highest BCUT2D eigenvalue weighted by Gasteiger charge is 2.37. The average Bonchev–Trinajstić information content (AvgIpc) is 2.91. The van der Waals surface area contributed by atoms with Gasteiger partial charge in [0, 0.05) is 6.07 Å². The van der Waals surface area contributed by atoms with Crippen molar-refractivity contribution in [3.8, 4) is 5.75 Å². The zero-order chi connectivity index (χ0) is 11.8. The summed E-state index contributed by atoms with van der Waals surface area (Å²) in [4.78, 5) is 10.2. The molecule has 1 fully saturated rings. The van der Waals surface area contributed by atoms with Crippen molar-refractivity contribution in [2.24, 2.45) is 11.8 Å². The predicted octanol–water partition coefficient (Wildman–Crippen LogP) is 3.04. The molecule has 3 rings (SSSR count). The Morgan fingerprint density at radius 3 is 2.76 bits per heavy atom. The largest absolute Gasteiger partial charge is 0.429 e. The second-order valence-corrected chi connectivity index (χ2v) is 4.78. The molecule has 2 aliphatic carbocycles. The van der Waals surface area contributed by atoms with Gasteiger partial charge in [-0.05, 0) is 42.2 Å². The van der Waals surface area contributed by atoms with Crippen LogP contribution in [0.3, 0.4) is 0 Å². The summed E-state index contributed by atoms with van der Waals surface area (Å²) in [5.41, 5.74) is 0.750. The van der Waals surface area contributed by atoms with Gasteiger partial charge in [-0.15, -0.1) is 0 Å². The zero-order valence-electron chi connectivity index (χ0n) is 9.30. The molecular formula is C14H13FO2. The van der Waals surface area contributed by atoms with Crippen LogP contribution in [0.4, 0.5) is 4.39 Å². The second-order valence-electron chi connectivity index (χ2n) is 4.78. The summed E-state index contributed by atoms with van der Waals surface area (Å²) in [6.07, 6.45) is 6.62. The van der Waals surface area contributed by atoms with Gasteiger partial charge >= 0.3 is 0 Å². The van der Waals surface area contributed by atoms with Crippen molar-refractivity contribution in [2.45, 2.75) is 18.8 Å². The maximum absolute atomic E-state index is 13.9. The van der Waals surface area contributed by atoms with Gasteiger partial charge < -0.3 is 4.74 Å². The van der Waals surface area contributed by atoms with E-state index in [1.165, 1.54) is 6.07 Å². The maximum Gasteiger partial charge on any atom is 0.298 e. The van der Waals surface area contributed by atoms with Crippen molar-refractivity contribution in [2.75, 3.05) is 0 Å². The molecule has 2 nitrogen and oxygen atoms in total. The van der Waals surface area contributed by atoms with Crippen LogP contribution in [0.1, 0.15) is 24.3 Å². The van der Waals surface area contributed by atoms with E-state index in [1.807, 2.05) is 0 Å². The van der Waals surface area contributed by atoms with Crippen LogP contribution in [0.5, 0.6) is 5.75 Å². The van der Waals surface area contributed by atoms with Gasteiger partial charge in [-0.2, -0.15) is 0 Å². The molecule has 1 saturated carbocycles. The summed E-state index contributed by atoms with van der Waals surface area (Å²) >= 11 is 0. The lowest BCUT2D eigenvalue weighted by molar-refractivity contribution is -0.120. The number of hydrogen-bond acceptors (Lipinski definition) is 2. The molecule has 0 spiro atoms. The standard InChI is InChI=1S/C14H13FO2/c15-14-7-11(17-8-16)3-4-12(14)13-6-9-1-2-10(13)5-9/h1-4,7-10,13H,5-6H2. The van der Waals surface area contributed by atoms with Gasteiger partial charge in [0.05, 0.1) is 0 Å². The smallest absolute Gasteiger partial charge is 0.298 e. The third-order valence-corrected chi connectivity index (χ3v) is 3.83. The number of fused-ring (bicyclic) bond motifs is 2. The quantitative estimate of drug-likeness (QED) is 0.591. The molecular weight excluding hydrogens is 219 g/mol. The third kappa shape index (κ3) is 1.75. The Balaban J connectivity index is 1.88. The highest BCUT2D eigenvalue weighted by atomic mass is 19.1. The summed E-state index contributed by atoms with van der Waals surface area (Å²) in [5.74, 6) is 1.38. The molecule has 3 heteroatoms. The molecule has 88 valence electrons. The van der Waals surface area contributed by atoms with Crippen LogP contribution < -0.4 is 4.74 Å². The predicted molar refractivity (Wildman–Crippen MR) is 61.2 cm³/mol. The van der Waals surface area contributed by atoms with E-state index in [4.69, 9.17) is 0 Å². The molecule has 0 N–H and O–H groups in total. The number of halogens is 1. The molecule has 0 radical (unpaired) electrons. The van der Waals surface area contributed by atoms with Crippen molar-refractivity contribution >= 4 is 6.47 Å². The normalized spacial score (nSPS) is 29.6. The van der Waals surface area contributed by atoms with Crippen LogP contribution in [0.2, 0.25) is 0 Å². The number of ether oxygens (including phenoxy) is 1. The molecule has 17 heavy (non-hydrogen) atoms. The topological polar surface area (TPSA) is 26.3 Å². The highest BCUT2D eigenvalue weighted by molar-refractivity contribution is 5.46. The Labute approximate surface area is 99.1 Å². The van der Waals surface area contributed by atoms with E-state index < -0.39 is 0 Å². The first kappa shape index (κ1) is 10.5. The molecule has 0 heterocycles. The zero-order valence-corrected chi connectivity index (χ0v) is 9.30. The van der Waals surface area contributed by atoms with Crippen LogP contribution in [-0.2, 0) is 4.79 Å². The van der Waals surface area contributed by atoms with Gasteiger partial charge in [-0.3, -0.25) is 4.79 Å². The van der Waals surface area contributed by atoms with Crippen molar-refractivity contribution in [3.05, 3.63) is 41.7 Å². The molecule has 0 aromatic heterocycles. The van der Waals surface area contributed by atoms with Gasteiger partial charge in [0.1, 0.15) is 11.6 Å². The Morgan fingerprint density at radius 2 is 2.18 bits per heavy atom. The first-order valence-corrected chi connectivity index (χ1v) is 5.86.